The van der Waals surface area contributed by atoms with Crippen molar-refractivity contribution in [1.82, 2.24) is 10.4 Å². The Morgan fingerprint density at radius 1 is 1.22 bits per heavy atom. The van der Waals surface area contributed by atoms with Crippen LogP contribution in [0.25, 0.3) is 0 Å². The van der Waals surface area contributed by atoms with Crippen molar-refractivity contribution in [2.45, 2.75) is 6.61 Å². The molecular formula is C15H14Br2N4O2. The van der Waals surface area contributed by atoms with Gasteiger partial charge in [-0.1, -0.05) is 6.07 Å². The lowest BCUT2D eigenvalue weighted by molar-refractivity contribution is -0.617. The second-order valence-corrected chi connectivity index (χ2v) is 6.53. The van der Waals surface area contributed by atoms with Gasteiger partial charge < -0.3 is 10.5 Å². The van der Waals surface area contributed by atoms with Crippen molar-refractivity contribution < 1.29 is 9.57 Å². The molecule has 1 aromatic heterocycles. The van der Waals surface area contributed by atoms with E-state index in [1.165, 1.54) is 6.20 Å². The molecule has 1 N–H and O–H groups in total. The van der Waals surface area contributed by atoms with Crippen LogP contribution in [0.1, 0.15) is 5.69 Å². The molecule has 23 heavy (non-hydrogen) atoms. The van der Waals surface area contributed by atoms with Crippen LogP contribution in [0.2, 0.25) is 0 Å². The van der Waals surface area contributed by atoms with Gasteiger partial charge in [-0.15, -0.1) is 0 Å². The van der Waals surface area contributed by atoms with Crippen molar-refractivity contribution in [2.24, 2.45) is 4.99 Å². The SMILES string of the molecule is [O-][n+]1ccccc1CON1CCN/C1=N\c1c(Br)cccc1Br. The highest BCUT2D eigenvalue weighted by molar-refractivity contribution is 9.11. The first-order valence-electron chi connectivity index (χ1n) is 6.99. The topological polar surface area (TPSA) is 63.8 Å². The zero-order chi connectivity index (χ0) is 16.2. The molecule has 0 aliphatic carbocycles. The summed E-state index contributed by atoms with van der Waals surface area (Å²) in [4.78, 5) is 10.3. The van der Waals surface area contributed by atoms with Gasteiger partial charge in [-0.25, -0.2) is 10.1 Å². The lowest BCUT2D eigenvalue weighted by Gasteiger charge is -2.17. The number of guanidine groups is 1. The highest BCUT2D eigenvalue weighted by Crippen LogP contribution is 2.33. The number of pyridine rings is 1. The Labute approximate surface area is 150 Å². The summed E-state index contributed by atoms with van der Waals surface area (Å²) in [7, 11) is 0. The van der Waals surface area contributed by atoms with Crippen molar-refractivity contribution in [1.29, 1.82) is 0 Å². The highest BCUT2D eigenvalue weighted by Gasteiger charge is 2.21. The minimum atomic E-state index is 0.183. The van der Waals surface area contributed by atoms with Gasteiger partial charge in [-0.2, -0.15) is 4.73 Å². The predicted molar refractivity (Wildman–Crippen MR) is 93.8 cm³/mol. The van der Waals surface area contributed by atoms with Gasteiger partial charge in [0, 0.05) is 27.6 Å². The summed E-state index contributed by atoms with van der Waals surface area (Å²) < 4.78 is 2.56. The molecule has 2 heterocycles. The number of aliphatic imine (C=N–C) groups is 1. The molecule has 1 fully saturated rings. The summed E-state index contributed by atoms with van der Waals surface area (Å²) in [5.41, 5.74) is 1.32. The van der Waals surface area contributed by atoms with Gasteiger partial charge in [0.2, 0.25) is 11.7 Å². The van der Waals surface area contributed by atoms with E-state index in [1.807, 2.05) is 24.3 Å². The maximum absolute atomic E-state index is 11.6. The Hall–Kier alpha value is -1.64. The average Bonchev–Trinajstić information content (AvgIpc) is 2.97. The molecule has 1 aromatic carbocycles. The normalized spacial score (nSPS) is 15.9. The number of nitrogens with zero attached hydrogens (tertiary/aromatic N) is 3. The Morgan fingerprint density at radius 3 is 2.74 bits per heavy atom. The molecule has 120 valence electrons. The maximum Gasteiger partial charge on any atom is 0.223 e. The number of hydrogen-bond acceptors (Lipinski definition) is 3. The van der Waals surface area contributed by atoms with E-state index in [0.717, 1.165) is 25.9 Å². The molecule has 0 amide bonds. The van der Waals surface area contributed by atoms with Crippen LogP contribution < -0.4 is 10.0 Å². The number of hydroxylamine groups is 2. The van der Waals surface area contributed by atoms with Crippen molar-refractivity contribution >= 4 is 43.5 Å². The summed E-state index contributed by atoms with van der Waals surface area (Å²) in [6.07, 6.45) is 1.45. The van der Waals surface area contributed by atoms with E-state index in [9.17, 15) is 5.21 Å². The first kappa shape index (κ1) is 16.2. The van der Waals surface area contributed by atoms with Gasteiger partial charge in [-0.05, 0) is 50.1 Å². The molecule has 0 spiro atoms. The quantitative estimate of drug-likeness (QED) is 0.585. The molecule has 0 radical (unpaired) electrons. The second kappa shape index (κ2) is 7.29. The Balaban J connectivity index is 1.75. The third kappa shape index (κ3) is 3.82. The van der Waals surface area contributed by atoms with Gasteiger partial charge >= 0.3 is 0 Å². The van der Waals surface area contributed by atoms with E-state index in [0.29, 0.717) is 18.2 Å². The van der Waals surface area contributed by atoms with Crippen LogP contribution in [0.5, 0.6) is 0 Å². The lowest BCUT2D eigenvalue weighted by atomic mass is 10.3. The maximum atomic E-state index is 11.6. The molecule has 1 aliphatic rings. The minimum absolute atomic E-state index is 0.183. The van der Waals surface area contributed by atoms with E-state index >= 15 is 0 Å². The van der Waals surface area contributed by atoms with Crippen LogP contribution in [-0.2, 0) is 11.4 Å². The summed E-state index contributed by atoms with van der Waals surface area (Å²) in [5.74, 6) is 0.617. The summed E-state index contributed by atoms with van der Waals surface area (Å²) in [6, 6.07) is 11.0. The monoisotopic (exact) mass is 440 g/mol. The number of rotatable bonds is 4. The molecule has 0 atom stereocenters. The van der Waals surface area contributed by atoms with Gasteiger partial charge in [0.1, 0.15) is 0 Å². The van der Waals surface area contributed by atoms with E-state index in [2.05, 4.69) is 42.2 Å². The van der Waals surface area contributed by atoms with Gasteiger partial charge in [0.15, 0.2) is 12.8 Å². The summed E-state index contributed by atoms with van der Waals surface area (Å²) >= 11 is 6.98. The fraction of sp³-hybridized carbons (Fsp3) is 0.200. The minimum Gasteiger partial charge on any atom is -0.618 e. The summed E-state index contributed by atoms with van der Waals surface area (Å²) in [6.45, 7) is 1.57. The fourth-order valence-corrected chi connectivity index (χ4v) is 3.28. The third-order valence-electron chi connectivity index (χ3n) is 3.26. The van der Waals surface area contributed by atoms with Gasteiger partial charge in [-0.3, -0.25) is 4.84 Å². The van der Waals surface area contributed by atoms with Crippen LogP contribution in [0.15, 0.2) is 56.5 Å². The molecule has 2 aromatic rings. The molecule has 0 bridgehead atoms. The van der Waals surface area contributed by atoms with E-state index in [-0.39, 0.29) is 6.61 Å². The highest BCUT2D eigenvalue weighted by atomic mass is 79.9. The number of benzene rings is 1. The smallest absolute Gasteiger partial charge is 0.223 e. The van der Waals surface area contributed by atoms with Crippen molar-refractivity contribution in [3.63, 3.8) is 0 Å². The van der Waals surface area contributed by atoms with E-state index in [4.69, 9.17) is 4.84 Å². The lowest BCUT2D eigenvalue weighted by Crippen LogP contribution is -2.35. The fourth-order valence-electron chi connectivity index (χ4n) is 2.11. The van der Waals surface area contributed by atoms with Crippen molar-refractivity contribution in [2.75, 3.05) is 13.1 Å². The van der Waals surface area contributed by atoms with Gasteiger partial charge in [0.25, 0.3) is 0 Å². The second-order valence-electron chi connectivity index (χ2n) is 4.83. The Morgan fingerprint density at radius 2 is 2.00 bits per heavy atom. The predicted octanol–water partition coefficient (Wildman–Crippen LogP) is 2.87. The zero-order valence-corrected chi connectivity index (χ0v) is 15.2. The van der Waals surface area contributed by atoms with Crippen LogP contribution >= 0.6 is 31.9 Å². The molecule has 0 unspecified atom stereocenters. The first-order valence-corrected chi connectivity index (χ1v) is 8.58. The number of nitrogens with one attached hydrogen (secondary N) is 1. The number of halogens is 2. The van der Waals surface area contributed by atoms with E-state index in [1.54, 1.807) is 17.2 Å². The molecule has 3 rings (SSSR count). The molecule has 1 saturated heterocycles. The first-order chi connectivity index (χ1) is 11.1. The summed E-state index contributed by atoms with van der Waals surface area (Å²) in [5, 5.41) is 16.5. The average molecular weight is 442 g/mol. The largest absolute Gasteiger partial charge is 0.618 e. The van der Waals surface area contributed by atoms with Crippen LogP contribution in [0.3, 0.4) is 0 Å². The molecular weight excluding hydrogens is 428 g/mol. The standard InChI is InChI=1S/C15H14Br2N4O2/c16-12-5-3-6-13(17)14(12)19-15-18-7-9-21(15)23-10-11-4-1-2-8-20(11)22/h1-6,8H,7,9-10H2,(H,18,19). The molecule has 0 saturated carbocycles. The van der Waals surface area contributed by atoms with E-state index < -0.39 is 0 Å². The van der Waals surface area contributed by atoms with Crippen molar-refractivity contribution in [3.8, 4) is 0 Å². The van der Waals surface area contributed by atoms with Crippen LogP contribution in [0, 0.1) is 5.21 Å². The van der Waals surface area contributed by atoms with Crippen molar-refractivity contribution in [3.05, 3.63) is 62.4 Å². The third-order valence-corrected chi connectivity index (χ3v) is 4.54. The van der Waals surface area contributed by atoms with Gasteiger partial charge in [0.05, 0.1) is 12.2 Å². The Kier molecular flexibility index (Phi) is 5.14. The molecule has 1 aliphatic heterocycles. The number of hydrogen-bond donors (Lipinski definition) is 1. The molecule has 6 nitrogen and oxygen atoms in total. The number of para-hydroxylation sites is 1. The zero-order valence-electron chi connectivity index (χ0n) is 12.1. The van der Waals surface area contributed by atoms with Crippen LogP contribution in [0.4, 0.5) is 5.69 Å². The Bertz CT molecular complexity index is 719. The number of aromatic nitrogens is 1. The van der Waals surface area contributed by atoms with Crippen LogP contribution in [-0.4, -0.2) is 24.1 Å². The molecule has 8 heteroatoms.